The van der Waals surface area contributed by atoms with Crippen LogP contribution in [0.2, 0.25) is 0 Å². The van der Waals surface area contributed by atoms with Crippen molar-refractivity contribution in [2.24, 2.45) is 10.9 Å². The molecule has 5 rings (SSSR count). The van der Waals surface area contributed by atoms with Gasteiger partial charge in [0.1, 0.15) is 23.5 Å². The summed E-state index contributed by atoms with van der Waals surface area (Å²) in [7, 11) is 0. The standard InChI is InChI=1S/C27H27IN8O/c1-3-4-6-20-17(2)32-23(13-22(20)29-14-24(30-15-28)18-9-10-18)27(37)34-25-8-5-7-21(33-25)26-35-31-16-36(26)19-11-12-19/h3-8,13-16,18-19H,1,9-12H2,2H3,(H,29,32)(H,33,34,37)/b6-4-,24-14-,30-15-. The van der Waals surface area contributed by atoms with E-state index in [1.54, 1.807) is 28.8 Å². The van der Waals surface area contributed by atoms with Crippen molar-refractivity contribution < 1.29 is 4.79 Å². The van der Waals surface area contributed by atoms with E-state index in [-0.39, 0.29) is 11.6 Å². The minimum atomic E-state index is -0.351. The van der Waals surface area contributed by atoms with Crippen LogP contribution in [0, 0.1) is 12.8 Å². The van der Waals surface area contributed by atoms with E-state index < -0.39 is 0 Å². The number of hydrogen-bond acceptors (Lipinski definition) is 7. The zero-order chi connectivity index (χ0) is 25.8. The number of carbonyl (C=O) groups is 1. The predicted molar refractivity (Wildman–Crippen MR) is 155 cm³/mol. The van der Waals surface area contributed by atoms with E-state index >= 15 is 0 Å². The molecule has 0 aromatic carbocycles. The topological polar surface area (TPSA) is 110 Å². The van der Waals surface area contributed by atoms with Gasteiger partial charge in [0.05, 0.1) is 9.92 Å². The number of anilines is 2. The van der Waals surface area contributed by atoms with Crippen molar-refractivity contribution in [2.45, 2.75) is 38.6 Å². The van der Waals surface area contributed by atoms with Crippen LogP contribution < -0.4 is 10.6 Å². The first-order valence-corrected chi connectivity index (χ1v) is 13.4. The number of aromatic nitrogens is 5. The quantitative estimate of drug-likeness (QED) is 0.168. The summed E-state index contributed by atoms with van der Waals surface area (Å²) in [6.45, 7) is 5.64. The first-order valence-electron chi connectivity index (χ1n) is 12.2. The Morgan fingerprint density at radius 2 is 2.08 bits per heavy atom. The molecule has 37 heavy (non-hydrogen) atoms. The minimum Gasteiger partial charge on any atom is -0.359 e. The number of halogens is 1. The number of amides is 1. The fourth-order valence-electron chi connectivity index (χ4n) is 4.00. The van der Waals surface area contributed by atoms with E-state index in [0.29, 0.717) is 35.0 Å². The van der Waals surface area contributed by atoms with Crippen molar-refractivity contribution in [1.82, 2.24) is 24.7 Å². The number of rotatable bonds is 10. The monoisotopic (exact) mass is 606 g/mol. The van der Waals surface area contributed by atoms with E-state index in [4.69, 9.17) is 0 Å². The number of carbonyl (C=O) groups excluding carboxylic acids is 1. The lowest BCUT2D eigenvalue weighted by atomic mass is 10.1. The molecular weight excluding hydrogens is 579 g/mol. The molecule has 10 heteroatoms. The molecule has 2 aliphatic carbocycles. The van der Waals surface area contributed by atoms with Crippen LogP contribution in [-0.4, -0.2) is 34.9 Å². The van der Waals surface area contributed by atoms with Crippen LogP contribution in [0.1, 0.15) is 53.5 Å². The van der Waals surface area contributed by atoms with Crippen molar-refractivity contribution in [3.63, 3.8) is 0 Å². The minimum absolute atomic E-state index is 0.280. The third-order valence-electron chi connectivity index (χ3n) is 6.18. The second-order valence-corrected chi connectivity index (χ2v) is 9.58. The molecule has 0 aliphatic heterocycles. The third kappa shape index (κ3) is 6.01. The Bertz CT molecular complexity index is 1420. The summed E-state index contributed by atoms with van der Waals surface area (Å²) in [6.07, 6.45) is 13.6. The summed E-state index contributed by atoms with van der Waals surface area (Å²) < 4.78 is 3.81. The number of aliphatic imine (C=N–C) groups is 1. The molecule has 2 N–H and O–H groups in total. The molecule has 0 spiro atoms. The molecule has 0 radical (unpaired) electrons. The fourth-order valence-corrected chi connectivity index (χ4v) is 4.32. The Hall–Kier alpha value is -3.67. The molecular formula is C27H27IN8O. The molecule has 0 unspecified atom stereocenters. The first kappa shape index (κ1) is 25.0. The predicted octanol–water partition coefficient (Wildman–Crippen LogP) is 5.96. The Morgan fingerprint density at radius 3 is 2.81 bits per heavy atom. The molecule has 2 aliphatic rings. The molecule has 1 amide bonds. The average molecular weight is 606 g/mol. The van der Waals surface area contributed by atoms with E-state index in [1.165, 1.54) is 0 Å². The van der Waals surface area contributed by atoms with E-state index in [0.717, 1.165) is 42.6 Å². The molecule has 188 valence electrons. The van der Waals surface area contributed by atoms with Gasteiger partial charge in [-0.1, -0.05) is 30.9 Å². The number of nitrogens with zero attached hydrogens (tertiary/aromatic N) is 6. The van der Waals surface area contributed by atoms with Gasteiger partial charge in [0.2, 0.25) is 0 Å². The highest BCUT2D eigenvalue weighted by atomic mass is 127. The van der Waals surface area contributed by atoms with Gasteiger partial charge in [-0.2, -0.15) is 0 Å². The summed E-state index contributed by atoms with van der Waals surface area (Å²) in [5.74, 6) is 1.24. The molecule has 0 atom stereocenters. The van der Waals surface area contributed by atoms with Gasteiger partial charge in [-0.3, -0.25) is 9.79 Å². The molecule has 0 bridgehead atoms. The lowest BCUT2D eigenvalue weighted by Gasteiger charge is -2.13. The smallest absolute Gasteiger partial charge is 0.275 e. The molecule has 3 heterocycles. The Kier molecular flexibility index (Phi) is 7.54. The van der Waals surface area contributed by atoms with E-state index in [2.05, 4.69) is 65.0 Å². The maximum Gasteiger partial charge on any atom is 0.275 e. The van der Waals surface area contributed by atoms with Crippen molar-refractivity contribution in [3.8, 4) is 11.5 Å². The van der Waals surface area contributed by atoms with Crippen LogP contribution in [-0.2, 0) is 0 Å². The van der Waals surface area contributed by atoms with Crippen molar-refractivity contribution >= 4 is 50.3 Å². The number of hydrogen-bond donors (Lipinski definition) is 2. The van der Waals surface area contributed by atoms with Gasteiger partial charge < -0.3 is 15.2 Å². The summed E-state index contributed by atoms with van der Waals surface area (Å²) in [5.41, 5.74) is 4.28. The van der Waals surface area contributed by atoms with Crippen LogP contribution in [0.3, 0.4) is 0 Å². The SMILES string of the molecule is C=C/C=C\c1c(N/C=C(\N=C/I)C2CC2)cc(C(=O)Nc2cccc(-c3nncn3C3CC3)n2)nc1C. The average Bonchev–Trinajstić information content (AvgIpc) is 3.84. The number of pyridine rings is 2. The Morgan fingerprint density at radius 1 is 1.24 bits per heavy atom. The van der Waals surface area contributed by atoms with Gasteiger partial charge in [-0.15, -0.1) is 10.2 Å². The van der Waals surface area contributed by atoms with Gasteiger partial charge in [-0.25, -0.2) is 9.97 Å². The Labute approximate surface area is 229 Å². The van der Waals surface area contributed by atoms with E-state index in [9.17, 15) is 4.79 Å². The van der Waals surface area contributed by atoms with Crippen LogP contribution in [0.25, 0.3) is 17.6 Å². The van der Waals surface area contributed by atoms with Crippen LogP contribution in [0.5, 0.6) is 0 Å². The zero-order valence-corrected chi connectivity index (χ0v) is 22.6. The molecule has 2 saturated carbocycles. The number of nitrogens with one attached hydrogen (secondary N) is 2. The first-order chi connectivity index (χ1) is 18.1. The fraction of sp³-hybridized carbons (Fsp3) is 0.259. The third-order valence-corrected chi connectivity index (χ3v) is 6.46. The van der Waals surface area contributed by atoms with Gasteiger partial charge in [0.15, 0.2) is 5.82 Å². The normalized spacial score (nSPS) is 15.9. The summed E-state index contributed by atoms with van der Waals surface area (Å²) in [5, 5.41) is 14.5. The van der Waals surface area contributed by atoms with Crippen LogP contribution in [0.4, 0.5) is 11.5 Å². The lowest BCUT2D eigenvalue weighted by molar-refractivity contribution is 0.102. The summed E-state index contributed by atoms with van der Waals surface area (Å²) in [6, 6.07) is 7.63. The highest BCUT2D eigenvalue weighted by Gasteiger charge is 2.27. The van der Waals surface area contributed by atoms with Crippen molar-refractivity contribution in [2.75, 3.05) is 10.6 Å². The Balaban J connectivity index is 1.41. The molecule has 2 fully saturated rings. The molecule has 3 aromatic rings. The maximum atomic E-state index is 13.2. The summed E-state index contributed by atoms with van der Waals surface area (Å²) in [4.78, 5) is 26.9. The maximum absolute atomic E-state index is 13.2. The largest absolute Gasteiger partial charge is 0.359 e. The lowest BCUT2D eigenvalue weighted by Crippen LogP contribution is -2.16. The van der Waals surface area contributed by atoms with Crippen LogP contribution >= 0.6 is 22.6 Å². The number of allylic oxidation sites excluding steroid dienone is 3. The van der Waals surface area contributed by atoms with Gasteiger partial charge in [-0.05, 0) is 73.4 Å². The second kappa shape index (κ2) is 11.2. The van der Waals surface area contributed by atoms with Crippen LogP contribution in [0.15, 0.2) is 66.2 Å². The second-order valence-electron chi connectivity index (χ2n) is 9.02. The summed E-state index contributed by atoms with van der Waals surface area (Å²) >= 11 is 2.13. The molecule has 3 aromatic heterocycles. The van der Waals surface area contributed by atoms with Gasteiger partial charge >= 0.3 is 0 Å². The van der Waals surface area contributed by atoms with E-state index in [1.807, 2.05) is 42.0 Å². The highest BCUT2D eigenvalue weighted by Crippen LogP contribution is 2.38. The zero-order valence-electron chi connectivity index (χ0n) is 20.4. The highest BCUT2D eigenvalue weighted by molar-refractivity contribution is 14.1. The molecule has 0 saturated heterocycles. The van der Waals surface area contributed by atoms with Crippen molar-refractivity contribution in [1.29, 1.82) is 0 Å². The number of aryl methyl sites for hydroxylation is 1. The van der Waals surface area contributed by atoms with Gasteiger partial charge in [0, 0.05) is 35.1 Å². The van der Waals surface area contributed by atoms with Gasteiger partial charge in [0.25, 0.3) is 5.91 Å². The van der Waals surface area contributed by atoms with Crippen molar-refractivity contribution in [3.05, 3.63) is 78.2 Å². The molecule has 9 nitrogen and oxygen atoms in total.